The summed E-state index contributed by atoms with van der Waals surface area (Å²) in [5.41, 5.74) is 1.44. The van der Waals surface area contributed by atoms with E-state index in [1.165, 1.54) is 20.2 Å². The molecule has 1 unspecified atom stereocenters. The first-order chi connectivity index (χ1) is 8.08. The van der Waals surface area contributed by atoms with Crippen LogP contribution in [0.5, 0.6) is 0 Å². The lowest BCUT2D eigenvalue weighted by atomic mass is 10.1. The predicted octanol–water partition coefficient (Wildman–Crippen LogP) is 4.84. The summed E-state index contributed by atoms with van der Waals surface area (Å²) in [6.07, 6.45) is 0. The van der Waals surface area contributed by atoms with E-state index in [1.54, 1.807) is 0 Å². The molecule has 0 aliphatic rings. The first-order valence-corrected chi connectivity index (χ1v) is 7.64. The highest BCUT2D eigenvalue weighted by Gasteiger charge is 2.14. The Morgan fingerprint density at radius 3 is 2.47 bits per heavy atom. The number of rotatable bonds is 4. The van der Waals surface area contributed by atoms with Gasteiger partial charge in [-0.2, -0.15) is 0 Å². The summed E-state index contributed by atoms with van der Waals surface area (Å²) in [7, 11) is 0. The van der Waals surface area contributed by atoms with Crippen LogP contribution in [0.2, 0.25) is 0 Å². The lowest BCUT2D eigenvalue weighted by Crippen LogP contribution is -2.21. The second-order valence-electron chi connectivity index (χ2n) is 4.49. The molecule has 0 amide bonds. The van der Waals surface area contributed by atoms with Crippen LogP contribution in [0.3, 0.4) is 0 Å². The number of aryl methyl sites for hydroxylation is 2. The quantitative estimate of drug-likeness (QED) is 0.834. The SMILES string of the molecule is Cc1cc(C(C)N[C@@H](C)c2cccs2)c(C)s1. The predicted molar refractivity (Wildman–Crippen MR) is 78.1 cm³/mol. The van der Waals surface area contributed by atoms with Crippen molar-refractivity contribution in [3.8, 4) is 0 Å². The number of hydrogen-bond donors (Lipinski definition) is 1. The Morgan fingerprint density at radius 2 is 1.94 bits per heavy atom. The van der Waals surface area contributed by atoms with Crippen LogP contribution >= 0.6 is 22.7 Å². The van der Waals surface area contributed by atoms with Gasteiger partial charge < -0.3 is 5.32 Å². The van der Waals surface area contributed by atoms with Crippen molar-refractivity contribution in [1.82, 2.24) is 5.32 Å². The molecule has 0 radical (unpaired) electrons. The van der Waals surface area contributed by atoms with E-state index in [2.05, 4.69) is 56.6 Å². The van der Waals surface area contributed by atoms with Gasteiger partial charge in [0.05, 0.1) is 0 Å². The zero-order chi connectivity index (χ0) is 12.4. The number of hydrogen-bond acceptors (Lipinski definition) is 3. The summed E-state index contributed by atoms with van der Waals surface area (Å²) >= 11 is 3.70. The maximum Gasteiger partial charge on any atom is 0.0391 e. The van der Waals surface area contributed by atoms with E-state index in [0.29, 0.717) is 12.1 Å². The minimum absolute atomic E-state index is 0.414. The van der Waals surface area contributed by atoms with Crippen LogP contribution in [-0.2, 0) is 0 Å². The van der Waals surface area contributed by atoms with Crippen LogP contribution in [0.4, 0.5) is 0 Å². The van der Waals surface area contributed by atoms with Gasteiger partial charge in [0.1, 0.15) is 0 Å². The zero-order valence-corrected chi connectivity index (χ0v) is 12.4. The molecule has 2 aromatic heterocycles. The van der Waals surface area contributed by atoms with E-state index in [9.17, 15) is 0 Å². The highest BCUT2D eigenvalue weighted by molar-refractivity contribution is 7.12. The van der Waals surface area contributed by atoms with Gasteiger partial charge in [0.25, 0.3) is 0 Å². The molecule has 0 fully saturated rings. The number of thiophene rings is 2. The molecule has 2 heterocycles. The summed E-state index contributed by atoms with van der Waals surface area (Å²) in [6.45, 7) is 8.87. The molecule has 0 aliphatic heterocycles. The van der Waals surface area contributed by atoms with Gasteiger partial charge in [-0.3, -0.25) is 0 Å². The highest BCUT2D eigenvalue weighted by Crippen LogP contribution is 2.28. The maximum atomic E-state index is 3.67. The van der Waals surface area contributed by atoms with Gasteiger partial charge in [-0.15, -0.1) is 22.7 Å². The van der Waals surface area contributed by atoms with Crippen LogP contribution in [0.1, 0.15) is 46.1 Å². The third-order valence-corrected chi connectivity index (χ3v) is 5.05. The minimum atomic E-state index is 0.414. The minimum Gasteiger partial charge on any atom is -0.303 e. The van der Waals surface area contributed by atoms with E-state index in [4.69, 9.17) is 0 Å². The maximum absolute atomic E-state index is 3.67. The van der Waals surface area contributed by atoms with E-state index in [0.717, 1.165) is 0 Å². The summed E-state index contributed by atoms with van der Waals surface area (Å²) in [5, 5.41) is 5.81. The van der Waals surface area contributed by atoms with Crippen LogP contribution in [-0.4, -0.2) is 0 Å². The van der Waals surface area contributed by atoms with Crippen molar-refractivity contribution in [2.45, 2.75) is 39.8 Å². The summed E-state index contributed by atoms with van der Waals surface area (Å²) in [5.74, 6) is 0. The van der Waals surface area contributed by atoms with Crippen LogP contribution in [0.25, 0.3) is 0 Å². The molecule has 17 heavy (non-hydrogen) atoms. The monoisotopic (exact) mass is 265 g/mol. The molecular formula is C14H19NS2. The fourth-order valence-electron chi connectivity index (χ4n) is 2.16. The molecule has 1 N–H and O–H groups in total. The highest BCUT2D eigenvalue weighted by atomic mass is 32.1. The topological polar surface area (TPSA) is 12.0 Å². The molecule has 2 aromatic rings. The largest absolute Gasteiger partial charge is 0.303 e. The first kappa shape index (κ1) is 12.8. The molecule has 2 atom stereocenters. The third kappa shape index (κ3) is 2.97. The van der Waals surface area contributed by atoms with Crippen molar-refractivity contribution in [2.75, 3.05) is 0 Å². The van der Waals surface area contributed by atoms with Crippen molar-refractivity contribution in [3.05, 3.63) is 43.8 Å². The van der Waals surface area contributed by atoms with E-state index < -0.39 is 0 Å². The average molecular weight is 265 g/mol. The van der Waals surface area contributed by atoms with Crippen LogP contribution in [0, 0.1) is 13.8 Å². The molecule has 0 aliphatic carbocycles. The van der Waals surface area contributed by atoms with Gasteiger partial charge in [0, 0.05) is 26.7 Å². The molecule has 1 nitrogen and oxygen atoms in total. The molecule has 0 saturated heterocycles. The van der Waals surface area contributed by atoms with Gasteiger partial charge in [0.15, 0.2) is 0 Å². The molecule has 2 rings (SSSR count). The molecule has 0 saturated carbocycles. The normalized spacial score (nSPS) is 14.8. The fourth-order valence-corrected chi connectivity index (χ4v) is 3.93. The Balaban J connectivity index is 2.06. The Hall–Kier alpha value is -0.640. The summed E-state index contributed by atoms with van der Waals surface area (Å²) in [4.78, 5) is 4.23. The van der Waals surface area contributed by atoms with Gasteiger partial charge >= 0.3 is 0 Å². The van der Waals surface area contributed by atoms with Crippen molar-refractivity contribution in [3.63, 3.8) is 0 Å². The van der Waals surface area contributed by atoms with E-state index >= 15 is 0 Å². The van der Waals surface area contributed by atoms with E-state index in [1.807, 2.05) is 22.7 Å². The summed E-state index contributed by atoms with van der Waals surface area (Å²) in [6, 6.07) is 7.45. The second-order valence-corrected chi connectivity index (χ2v) is 6.93. The van der Waals surface area contributed by atoms with Crippen molar-refractivity contribution >= 4 is 22.7 Å². The standard InChI is InChI=1S/C14H19NS2/c1-9-8-13(12(4)17-9)10(2)15-11(3)14-6-5-7-16-14/h5-8,10-11,15H,1-4H3/t10?,11-/m0/s1. The van der Waals surface area contributed by atoms with Crippen molar-refractivity contribution in [1.29, 1.82) is 0 Å². The Bertz CT molecular complexity index is 470. The van der Waals surface area contributed by atoms with Crippen molar-refractivity contribution < 1.29 is 0 Å². The molecular weight excluding hydrogens is 246 g/mol. The molecule has 92 valence electrons. The zero-order valence-electron chi connectivity index (χ0n) is 10.8. The Labute approximate surface area is 112 Å². The molecule has 0 bridgehead atoms. The fraction of sp³-hybridized carbons (Fsp3) is 0.429. The first-order valence-electron chi connectivity index (χ1n) is 5.94. The third-order valence-electron chi connectivity index (χ3n) is 3.02. The van der Waals surface area contributed by atoms with Gasteiger partial charge in [0.2, 0.25) is 0 Å². The van der Waals surface area contributed by atoms with Crippen LogP contribution < -0.4 is 5.32 Å². The molecule has 0 aromatic carbocycles. The van der Waals surface area contributed by atoms with Gasteiger partial charge in [-0.1, -0.05) is 6.07 Å². The Kier molecular flexibility index (Phi) is 4.02. The summed E-state index contributed by atoms with van der Waals surface area (Å²) < 4.78 is 0. The van der Waals surface area contributed by atoms with Gasteiger partial charge in [-0.05, 0) is 50.8 Å². The number of nitrogens with one attached hydrogen (secondary N) is 1. The lowest BCUT2D eigenvalue weighted by Gasteiger charge is -2.19. The lowest BCUT2D eigenvalue weighted by molar-refractivity contribution is 0.499. The second kappa shape index (κ2) is 5.34. The van der Waals surface area contributed by atoms with E-state index in [-0.39, 0.29) is 0 Å². The average Bonchev–Trinajstić information content (AvgIpc) is 2.87. The van der Waals surface area contributed by atoms with Gasteiger partial charge in [-0.25, -0.2) is 0 Å². The Morgan fingerprint density at radius 1 is 1.18 bits per heavy atom. The molecule has 3 heteroatoms. The van der Waals surface area contributed by atoms with Crippen LogP contribution in [0.15, 0.2) is 23.6 Å². The smallest absolute Gasteiger partial charge is 0.0391 e. The van der Waals surface area contributed by atoms with Crippen molar-refractivity contribution in [2.24, 2.45) is 0 Å². The molecule has 0 spiro atoms.